The number of hydrogen-bond acceptors (Lipinski definition) is 7. The summed E-state index contributed by atoms with van der Waals surface area (Å²) in [6.45, 7) is -0.149. The second-order valence-corrected chi connectivity index (χ2v) is 9.60. The number of para-hydroxylation sites is 1. The van der Waals surface area contributed by atoms with Gasteiger partial charge >= 0.3 is 6.09 Å². The fourth-order valence-electron chi connectivity index (χ4n) is 2.76. The van der Waals surface area contributed by atoms with Gasteiger partial charge < -0.3 is 4.74 Å². The van der Waals surface area contributed by atoms with Crippen LogP contribution in [0, 0.1) is 10.1 Å². The number of hydrogen-bond donors (Lipinski definition) is 1. The Labute approximate surface area is 200 Å². The molecule has 0 spiro atoms. The van der Waals surface area contributed by atoms with Gasteiger partial charge in [-0.3, -0.25) is 15.4 Å². The van der Waals surface area contributed by atoms with Crippen LogP contribution < -0.4 is 5.32 Å². The van der Waals surface area contributed by atoms with Gasteiger partial charge in [-0.1, -0.05) is 53.2 Å². The number of nitro groups is 1. The molecule has 32 heavy (non-hydrogen) atoms. The van der Waals surface area contributed by atoms with Gasteiger partial charge in [0, 0.05) is 11.1 Å². The Morgan fingerprint density at radius 3 is 2.72 bits per heavy atom. The van der Waals surface area contributed by atoms with Crippen molar-refractivity contribution in [2.45, 2.75) is 15.8 Å². The van der Waals surface area contributed by atoms with Crippen molar-refractivity contribution in [1.29, 1.82) is 0 Å². The van der Waals surface area contributed by atoms with E-state index in [4.69, 9.17) is 27.9 Å². The summed E-state index contributed by atoms with van der Waals surface area (Å²) in [6, 6.07) is 17.0. The zero-order valence-corrected chi connectivity index (χ0v) is 19.2. The summed E-state index contributed by atoms with van der Waals surface area (Å²) in [5.41, 5.74) is 1.58. The molecule has 4 aromatic rings. The highest BCUT2D eigenvalue weighted by molar-refractivity contribution is 8.01. The maximum absolute atomic E-state index is 12.1. The molecule has 1 N–H and O–H groups in total. The zero-order chi connectivity index (χ0) is 22.7. The number of ether oxygens (including phenoxy) is 1. The first-order chi connectivity index (χ1) is 15.4. The lowest BCUT2D eigenvalue weighted by Gasteiger charge is -2.09. The summed E-state index contributed by atoms with van der Waals surface area (Å²) in [4.78, 5) is 28.2. The van der Waals surface area contributed by atoms with Gasteiger partial charge in [0.15, 0.2) is 4.34 Å². The van der Waals surface area contributed by atoms with Gasteiger partial charge in [0.05, 0.1) is 30.7 Å². The maximum Gasteiger partial charge on any atom is 0.412 e. The molecule has 0 aliphatic heterocycles. The number of thiazole rings is 1. The van der Waals surface area contributed by atoms with Crippen LogP contribution in [0.4, 0.5) is 16.2 Å². The lowest BCUT2D eigenvalue weighted by molar-refractivity contribution is -0.387. The lowest BCUT2D eigenvalue weighted by Crippen LogP contribution is -2.13. The van der Waals surface area contributed by atoms with Crippen molar-refractivity contribution in [2.24, 2.45) is 0 Å². The van der Waals surface area contributed by atoms with E-state index in [-0.39, 0.29) is 17.3 Å². The third-order valence-corrected chi connectivity index (χ3v) is 6.94. The topological polar surface area (TPSA) is 94.4 Å². The number of carbonyl (C=O) groups excluding carboxylic acids is 1. The predicted octanol–water partition coefficient (Wildman–Crippen LogP) is 7.41. The number of anilines is 1. The molecule has 11 heteroatoms. The first-order valence-electron chi connectivity index (χ1n) is 9.08. The molecule has 0 radical (unpaired) electrons. The van der Waals surface area contributed by atoms with Crippen LogP contribution in [0.5, 0.6) is 0 Å². The lowest BCUT2D eigenvalue weighted by atomic mass is 10.2. The van der Waals surface area contributed by atoms with Gasteiger partial charge in [-0.25, -0.2) is 9.78 Å². The Morgan fingerprint density at radius 2 is 1.97 bits per heavy atom. The van der Waals surface area contributed by atoms with Crippen LogP contribution in [-0.2, 0) is 11.3 Å². The Balaban J connectivity index is 1.45. The molecule has 0 aliphatic carbocycles. The summed E-state index contributed by atoms with van der Waals surface area (Å²) >= 11 is 14.5. The third kappa shape index (κ3) is 5.31. The molecule has 0 unspecified atom stereocenters. The predicted molar refractivity (Wildman–Crippen MR) is 127 cm³/mol. The number of nitro benzene ring substituents is 1. The number of aromatic nitrogens is 1. The number of carbonyl (C=O) groups is 1. The van der Waals surface area contributed by atoms with E-state index in [0.717, 1.165) is 10.2 Å². The number of halogens is 2. The number of nitrogens with one attached hydrogen (secondary N) is 1. The highest BCUT2D eigenvalue weighted by Gasteiger charge is 2.18. The van der Waals surface area contributed by atoms with E-state index in [1.807, 2.05) is 24.3 Å². The van der Waals surface area contributed by atoms with Crippen LogP contribution in [0.15, 0.2) is 69.9 Å². The molecule has 0 atom stereocenters. The summed E-state index contributed by atoms with van der Waals surface area (Å²) in [6.07, 6.45) is -0.746. The standard InChI is InChI=1S/C21H13Cl2N3O4S2/c22-13-6-7-15(14(23)10-13)24-20(27)30-11-12-5-8-19(17(9-12)26(28)29)32-21-25-16-3-1-2-4-18(16)31-21/h1-10H,11H2,(H,24,27). The molecular weight excluding hydrogens is 493 g/mol. The molecule has 1 aromatic heterocycles. The molecule has 1 amide bonds. The number of fused-ring (bicyclic) bond motifs is 1. The summed E-state index contributed by atoms with van der Waals surface area (Å²) in [5, 5.41) is 14.8. The van der Waals surface area contributed by atoms with Crippen molar-refractivity contribution in [1.82, 2.24) is 4.98 Å². The molecule has 0 saturated carbocycles. The molecule has 7 nitrogen and oxygen atoms in total. The largest absolute Gasteiger partial charge is 0.444 e. The summed E-state index contributed by atoms with van der Waals surface area (Å²) < 4.78 is 6.88. The van der Waals surface area contributed by atoms with Crippen LogP contribution >= 0.6 is 46.3 Å². The molecule has 4 rings (SSSR count). The van der Waals surface area contributed by atoms with Gasteiger partial charge in [0.2, 0.25) is 0 Å². The number of benzene rings is 3. The van der Waals surface area contributed by atoms with Crippen LogP contribution in [0.1, 0.15) is 5.56 Å². The van der Waals surface area contributed by atoms with Crippen molar-refractivity contribution in [3.63, 3.8) is 0 Å². The highest BCUT2D eigenvalue weighted by Crippen LogP contribution is 2.39. The minimum absolute atomic E-state index is 0.0866. The second kappa shape index (κ2) is 9.74. The Kier molecular flexibility index (Phi) is 6.80. The zero-order valence-electron chi connectivity index (χ0n) is 16.1. The Hall–Kier alpha value is -2.85. The fourth-order valence-corrected chi connectivity index (χ4v) is 5.32. The highest BCUT2D eigenvalue weighted by atomic mass is 35.5. The van der Waals surface area contributed by atoms with Gasteiger partial charge in [0.1, 0.15) is 6.61 Å². The van der Waals surface area contributed by atoms with Crippen molar-refractivity contribution in [2.75, 3.05) is 5.32 Å². The van der Waals surface area contributed by atoms with Gasteiger partial charge in [-0.05, 0) is 42.0 Å². The van der Waals surface area contributed by atoms with Crippen molar-refractivity contribution in [3.8, 4) is 0 Å². The second-order valence-electron chi connectivity index (χ2n) is 6.43. The Morgan fingerprint density at radius 1 is 1.16 bits per heavy atom. The average molecular weight is 506 g/mol. The quantitative estimate of drug-likeness (QED) is 0.216. The molecule has 3 aromatic carbocycles. The first-order valence-corrected chi connectivity index (χ1v) is 11.5. The molecule has 1 heterocycles. The maximum atomic E-state index is 12.1. The molecular formula is C21H13Cl2N3O4S2. The van der Waals surface area contributed by atoms with E-state index >= 15 is 0 Å². The van der Waals surface area contributed by atoms with E-state index in [9.17, 15) is 14.9 Å². The first kappa shape index (κ1) is 22.3. The molecule has 0 saturated heterocycles. The Bertz CT molecular complexity index is 1300. The third-order valence-electron chi connectivity index (χ3n) is 4.23. The van der Waals surface area contributed by atoms with Crippen LogP contribution in [-0.4, -0.2) is 16.0 Å². The SMILES string of the molecule is O=C(Nc1ccc(Cl)cc1Cl)OCc1ccc(Sc2nc3ccccc3s2)c([N+](=O)[O-])c1. The van der Waals surface area contributed by atoms with E-state index in [1.54, 1.807) is 24.3 Å². The minimum Gasteiger partial charge on any atom is -0.444 e. The van der Waals surface area contributed by atoms with E-state index in [1.165, 1.54) is 35.2 Å². The van der Waals surface area contributed by atoms with Crippen LogP contribution in [0.3, 0.4) is 0 Å². The molecule has 162 valence electrons. The van der Waals surface area contributed by atoms with Crippen molar-refractivity contribution < 1.29 is 14.5 Å². The fraction of sp³-hybridized carbons (Fsp3) is 0.0476. The van der Waals surface area contributed by atoms with E-state index in [0.29, 0.717) is 25.5 Å². The van der Waals surface area contributed by atoms with Gasteiger partial charge in [0.25, 0.3) is 5.69 Å². The van der Waals surface area contributed by atoms with E-state index < -0.39 is 11.0 Å². The number of rotatable bonds is 6. The van der Waals surface area contributed by atoms with Gasteiger partial charge in [-0.2, -0.15) is 0 Å². The van der Waals surface area contributed by atoms with Gasteiger partial charge in [-0.15, -0.1) is 11.3 Å². The number of nitrogens with zero attached hydrogens (tertiary/aromatic N) is 2. The average Bonchev–Trinajstić information content (AvgIpc) is 3.17. The minimum atomic E-state index is -0.746. The van der Waals surface area contributed by atoms with Crippen LogP contribution in [0.2, 0.25) is 10.0 Å². The number of amides is 1. The van der Waals surface area contributed by atoms with E-state index in [2.05, 4.69) is 10.3 Å². The molecule has 0 bridgehead atoms. The van der Waals surface area contributed by atoms with Crippen molar-refractivity contribution >= 4 is 74.0 Å². The normalized spacial score (nSPS) is 10.8. The van der Waals surface area contributed by atoms with Crippen molar-refractivity contribution in [3.05, 3.63) is 86.4 Å². The monoisotopic (exact) mass is 505 g/mol. The molecule has 0 fully saturated rings. The molecule has 0 aliphatic rings. The summed E-state index contributed by atoms with van der Waals surface area (Å²) in [7, 11) is 0. The smallest absolute Gasteiger partial charge is 0.412 e. The summed E-state index contributed by atoms with van der Waals surface area (Å²) in [5.74, 6) is 0. The van der Waals surface area contributed by atoms with Crippen LogP contribution in [0.25, 0.3) is 10.2 Å².